The number of rotatable bonds is 8. The molecule has 1 heterocycles. The molecule has 34 heavy (non-hydrogen) atoms. The molecule has 1 N–H and O–H groups in total. The van der Waals surface area contributed by atoms with Gasteiger partial charge in [0.1, 0.15) is 11.4 Å². The molecule has 0 saturated carbocycles. The molecule has 2 aromatic rings. The lowest BCUT2D eigenvalue weighted by Crippen LogP contribution is -2.54. The van der Waals surface area contributed by atoms with E-state index in [2.05, 4.69) is 21.2 Å². The summed E-state index contributed by atoms with van der Waals surface area (Å²) in [4.78, 5) is 50.1. The van der Waals surface area contributed by atoms with Crippen molar-refractivity contribution in [1.29, 1.82) is 0 Å². The van der Waals surface area contributed by atoms with Crippen molar-refractivity contribution in [3.8, 4) is 11.5 Å². The molecule has 9 nitrogen and oxygen atoms in total. The Bertz CT molecular complexity index is 1160. The smallest absolute Gasteiger partial charge is 0.344 e. The molecule has 178 valence electrons. The van der Waals surface area contributed by atoms with Crippen LogP contribution in [0.25, 0.3) is 6.08 Å². The average Bonchev–Trinajstić information content (AvgIpc) is 2.77. The van der Waals surface area contributed by atoms with Crippen LogP contribution in [0.1, 0.15) is 19.4 Å². The van der Waals surface area contributed by atoms with Gasteiger partial charge < -0.3 is 14.2 Å². The molecule has 3 rings (SSSR count). The molecule has 0 atom stereocenters. The summed E-state index contributed by atoms with van der Waals surface area (Å²) in [6.07, 6.45) is 1.28. The second kappa shape index (κ2) is 10.9. The first-order valence-electron chi connectivity index (χ1n) is 10.2. The maximum Gasteiger partial charge on any atom is 0.344 e. The molecule has 1 aliphatic heterocycles. The zero-order chi connectivity index (χ0) is 24.8. The van der Waals surface area contributed by atoms with Crippen LogP contribution in [0.4, 0.5) is 14.9 Å². The molecule has 1 saturated heterocycles. The summed E-state index contributed by atoms with van der Waals surface area (Å²) in [5.41, 5.74) is 0.158. The lowest BCUT2D eigenvalue weighted by atomic mass is 10.1. The number of nitrogens with one attached hydrogen (secondary N) is 1. The lowest BCUT2D eigenvalue weighted by Gasteiger charge is -2.26. The normalized spacial score (nSPS) is 14.8. The molecule has 0 aliphatic carbocycles. The van der Waals surface area contributed by atoms with E-state index in [-0.39, 0.29) is 42.6 Å². The highest BCUT2D eigenvalue weighted by Gasteiger charge is 2.36. The van der Waals surface area contributed by atoms with E-state index < -0.39 is 29.6 Å². The minimum Gasteiger partial charge on any atom is -0.490 e. The molecule has 1 fully saturated rings. The van der Waals surface area contributed by atoms with Crippen molar-refractivity contribution >= 4 is 51.5 Å². The second-order valence-electron chi connectivity index (χ2n) is 6.79. The number of halogens is 2. The van der Waals surface area contributed by atoms with Crippen molar-refractivity contribution in [3.05, 3.63) is 57.8 Å². The highest BCUT2D eigenvalue weighted by atomic mass is 79.9. The van der Waals surface area contributed by atoms with Gasteiger partial charge in [0.05, 0.1) is 23.4 Å². The van der Waals surface area contributed by atoms with E-state index in [1.807, 2.05) is 0 Å². The van der Waals surface area contributed by atoms with Gasteiger partial charge in [-0.2, -0.15) is 0 Å². The zero-order valence-electron chi connectivity index (χ0n) is 18.2. The topological polar surface area (TPSA) is 111 Å². The van der Waals surface area contributed by atoms with Crippen molar-refractivity contribution in [1.82, 2.24) is 5.32 Å². The van der Waals surface area contributed by atoms with Crippen LogP contribution in [0.15, 0.2) is 46.4 Å². The molecular formula is C23H20BrFN2O7. The van der Waals surface area contributed by atoms with Gasteiger partial charge in [0.2, 0.25) is 0 Å². The maximum atomic E-state index is 13.3. The van der Waals surface area contributed by atoms with Gasteiger partial charge in [0.25, 0.3) is 11.8 Å². The number of urea groups is 1. The van der Waals surface area contributed by atoms with Crippen LogP contribution in [-0.2, 0) is 19.1 Å². The number of esters is 1. The van der Waals surface area contributed by atoms with E-state index in [0.29, 0.717) is 10.0 Å². The van der Waals surface area contributed by atoms with Crippen molar-refractivity contribution in [2.75, 3.05) is 24.7 Å². The first-order valence-corrected chi connectivity index (χ1v) is 11.0. The van der Waals surface area contributed by atoms with Crippen molar-refractivity contribution in [3.63, 3.8) is 0 Å². The Morgan fingerprint density at radius 3 is 2.44 bits per heavy atom. The number of hydrogen-bond acceptors (Lipinski definition) is 7. The van der Waals surface area contributed by atoms with Crippen LogP contribution in [0.3, 0.4) is 0 Å². The lowest BCUT2D eigenvalue weighted by molar-refractivity contribution is -0.145. The monoisotopic (exact) mass is 534 g/mol. The number of carbonyl (C=O) groups is 4. The standard InChI is InChI=1S/C23H20BrFN2O7/c1-3-32-18-11-13(10-17(24)20(18)34-12-19(28)33-4-2)9-16-21(29)26-23(31)27(22(16)30)15-7-5-14(25)6-8-15/h5-11H,3-4,12H2,1-2H3,(H,26,29,31)/b16-9+. The van der Waals surface area contributed by atoms with E-state index in [4.69, 9.17) is 14.2 Å². The highest BCUT2D eigenvalue weighted by Crippen LogP contribution is 2.38. The SMILES string of the molecule is CCOC(=O)COc1c(Br)cc(/C=C2\C(=O)NC(=O)N(c3ccc(F)cc3)C2=O)cc1OCC. The van der Waals surface area contributed by atoms with E-state index >= 15 is 0 Å². The minimum atomic E-state index is -0.947. The number of amides is 4. The van der Waals surface area contributed by atoms with Gasteiger partial charge in [-0.15, -0.1) is 0 Å². The summed E-state index contributed by atoms with van der Waals surface area (Å²) in [5.74, 6) is -2.37. The van der Waals surface area contributed by atoms with Crippen LogP contribution in [0.5, 0.6) is 11.5 Å². The fourth-order valence-corrected chi connectivity index (χ4v) is 3.63. The number of hydrogen-bond donors (Lipinski definition) is 1. The summed E-state index contributed by atoms with van der Waals surface area (Å²) in [6.45, 7) is 3.56. The van der Waals surface area contributed by atoms with Crippen LogP contribution in [-0.4, -0.2) is 43.6 Å². The Labute approximate surface area is 202 Å². The van der Waals surface area contributed by atoms with E-state index in [0.717, 1.165) is 17.0 Å². The van der Waals surface area contributed by atoms with Crippen LogP contribution in [0, 0.1) is 5.82 Å². The number of carbonyl (C=O) groups excluding carboxylic acids is 4. The van der Waals surface area contributed by atoms with Crippen LogP contribution >= 0.6 is 15.9 Å². The van der Waals surface area contributed by atoms with Gasteiger partial charge in [0.15, 0.2) is 18.1 Å². The van der Waals surface area contributed by atoms with Crippen molar-refractivity contribution < 1.29 is 37.8 Å². The third-order valence-corrected chi connectivity index (χ3v) is 5.06. The number of imide groups is 2. The Balaban J connectivity index is 1.95. The molecule has 0 radical (unpaired) electrons. The Morgan fingerprint density at radius 2 is 1.79 bits per heavy atom. The highest BCUT2D eigenvalue weighted by molar-refractivity contribution is 9.10. The van der Waals surface area contributed by atoms with Crippen molar-refractivity contribution in [2.24, 2.45) is 0 Å². The predicted octanol–water partition coefficient (Wildman–Crippen LogP) is 3.60. The Hall–Kier alpha value is -3.73. The molecule has 1 aliphatic rings. The molecule has 2 aromatic carbocycles. The summed E-state index contributed by atoms with van der Waals surface area (Å²) >= 11 is 3.35. The first-order chi connectivity index (χ1) is 16.2. The Morgan fingerprint density at radius 1 is 1.09 bits per heavy atom. The summed E-state index contributed by atoms with van der Waals surface area (Å²) < 4.78 is 29.6. The first kappa shape index (κ1) is 24.9. The van der Waals surface area contributed by atoms with E-state index in [9.17, 15) is 23.6 Å². The van der Waals surface area contributed by atoms with Gasteiger partial charge >= 0.3 is 12.0 Å². The Kier molecular flexibility index (Phi) is 8.00. The van der Waals surface area contributed by atoms with Crippen LogP contribution < -0.4 is 19.7 Å². The van der Waals surface area contributed by atoms with Gasteiger partial charge in [-0.1, -0.05) is 0 Å². The average molecular weight is 535 g/mol. The minimum absolute atomic E-state index is 0.0983. The van der Waals surface area contributed by atoms with Crippen LogP contribution in [0.2, 0.25) is 0 Å². The number of nitrogens with zero attached hydrogens (tertiary/aromatic N) is 1. The number of benzene rings is 2. The number of ether oxygens (including phenoxy) is 3. The molecule has 0 spiro atoms. The van der Waals surface area contributed by atoms with Gasteiger partial charge in [0, 0.05) is 0 Å². The third-order valence-electron chi connectivity index (χ3n) is 4.47. The maximum absolute atomic E-state index is 13.3. The van der Waals surface area contributed by atoms with E-state index in [1.54, 1.807) is 19.9 Å². The zero-order valence-corrected chi connectivity index (χ0v) is 19.8. The van der Waals surface area contributed by atoms with Crippen molar-refractivity contribution in [2.45, 2.75) is 13.8 Å². The van der Waals surface area contributed by atoms with Gasteiger partial charge in [-0.3, -0.25) is 14.9 Å². The fraction of sp³-hybridized carbons (Fsp3) is 0.217. The summed E-state index contributed by atoms with van der Waals surface area (Å²) in [6, 6.07) is 6.81. The molecule has 0 bridgehead atoms. The number of barbiturate groups is 1. The summed E-state index contributed by atoms with van der Waals surface area (Å²) in [7, 11) is 0. The predicted molar refractivity (Wildman–Crippen MR) is 123 cm³/mol. The molecule has 0 aromatic heterocycles. The fourth-order valence-electron chi connectivity index (χ4n) is 3.06. The largest absolute Gasteiger partial charge is 0.490 e. The second-order valence-corrected chi connectivity index (χ2v) is 7.65. The molecule has 11 heteroatoms. The molecular weight excluding hydrogens is 515 g/mol. The van der Waals surface area contributed by atoms with Gasteiger partial charge in [-0.25, -0.2) is 18.9 Å². The molecule has 0 unspecified atom stereocenters. The molecule has 4 amide bonds. The van der Waals surface area contributed by atoms with Gasteiger partial charge in [-0.05, 0) is 77.8 Å². The van der Waals surface area contributed by atoms with E-state index in [1.165, 1.54) is 24.3 Å². The summed E-state index contributed by atoms with van der Waals surface area (Å²) in [5, 5.41) is 2.10. The number of anilines is 1. The third kappa shape index (κ3) is 5.60. The quantitative estimate of drug-likeness (QED) is 0.313.